The minimum atomic E-state index is 0.508. The van der Waals surface area contributed by atoms with Gasteiger partial charge < -0.3 is 16.0 Å². The summed E-state index contributed by atoms with van der Waals surface area (Å²) < 4.78 is 0. The van der Waals surface area contributed by atoms with Crippen LogP contribution in [0.1, 0.15) is 38.9 Å². The third-order valence-electron chi connectivity index (χ3n) is 3.88. The Balaban J connectivity index is 2.06. The molecular formula is C12H22N4. The van der Waals surface area contributed by atoms with Gasteiger partial charge in [-0.3, -0.25) is 0 Å². The molecule has 0 aromatic carbocycles. The average Bonchev–Trinajstić information content (AvgIpc) is 2.53. The van der Waals surface area contributed by atoms with Crippen LogP contribution in [-0.4, -0.2) is 16.0 Å². The minimum Gasteiger partial charge on any atom is -0.382 e. The van der Waals surface area contributed by atoms with Crippen molar-refractivity contribution in [2.75, 3.05) is 11.1 Å². The molecule has 1 aromatic heterocycles. The number of hydrogen-bond donors (Lipinski definition) is 3. The molecule has 3 unspecified atom stereocenters. The second-order valence-corrected chi connectivity index (χ2v) is 5.10. The zero-order chi connectivity index (χ0) is 11.7. The van der Waals surface area contributed by atoms with E-state index < -0.39 is 0 Å². The van der Waals surface area contributed by atoms with Gasteiger partial charge in [0.25, 0.3) is 0 Å². The normalized spacial score (nSPS) is 30.3. The van der Waals surface area contributed by atoms with E-state index in [-0.39, 0.29) is 0 Å². The largest absolute Gasteiger partial charge is 0.382 e. The fraction of sp³-hybridized carbons (Fsp3) is 0.750. The van der Waals surface area contributed by atoms with E-state index in [9.17, 15) is 0 Å². The number of nitrogens with two attached hydrogens (primary N) is 1. The summed E-state index contributed by atoms with van der Waals surface area (Å²) in [5, 5.41) is 3.48. The number of nitrogens with zero attached hydrogens (tertiary/aromatic N) is 1. The molecule has 4 heteroatoms. The molecule has 4 N–H and O–H groups in total. The van der Waals surface area contributed by atoms with Crippen LogP contribution in [0.4, 0.5) is 11.6 Å². The lowest BCUT2D eigenvalue weighted by Crippen LogP contribution is -2.35. The van der Waals surface area contributed by atoms with Gasteiger partial charge in [0, 0.05) is 6.04 Å². The van der Waals surface area contributed by atoms with Crippen LogP contribution in [0, 0.1) is 18.8 Å². The van der Waals surface area contributed by atoms with Crippen molar-refractivity contribution in [3.05, 3.63) is 5.82 Å². The lowest BCUT2D eigenvalue weighted by Gasteiger charge is -2.34. The summed E-state index contributed by atoms with van der Waals surface area (Å²) >= 11 is 0. The predicted molar refractivity (Wildman–Crippen MR) is 67.3 cm³/mol. The quantitative estimate of drug-likeness (QED) is 0.720. The monoisotopic (exact) mass is 222 g/mol. The number of hydrogen-bond acceptors (Lipinski definition) is 3. The van der Waals surface area contributed by atoms with Crippen LogP contribution in [-0.2, 0) is 0 Å². The molecule has 1 aliphatic rings. The number of aromatic amines is 1. The van der Waals surface area contributed by atoms with E-state index in [1.54, 1.807) is 0 Å². The summed E-state index contributed by atoms with van der Waals surface area (Å²) in [6, 6.07) is 0.508. The molecule has 4 nitrogen and oxygen atoms in total. The van der Waals surface area contributed by atoms with E-state index in [0.29, 0.717) is 17.8 Å². The van der Waals surface area contributed by atoms with E-state index >= 15 is 0 Å². The maximum Gasteiger partial charge on any atom is 0.168 e. The topological polar surface area (TPSA) is 66.7 Å². The molecule has 1 aromatic rings. The molecule has 0 amide bonds. The first-order valence-corrected chi connectivity index (χ1v) is 6.16. The third kappa shape index (κ3) is 2.15. The number of nitrogen functional groups attached to an aromatic ring is 1. The molecule has 2 rings (SSSR count). The number of rotatable bonds is 2. The van der Waals surface area contributed by atoms with Crippen molar-refractivity contribution in [1.82, 2.24) is 9.97 Å². The highest BCUT2D eigenvalue weighted by Crippen LogP contribution is 2.32. The predicted octanol–water partition coefficient (Wildman–Crippen LogP) is 2.54. The van der Waals surface area contributed by atoms with Gasteiger partial charge in [0.15, 0.2) is 5.82 Å². The van der Waals surface area contributed by atoms with Gasteiger partial charge in [-0.25, -0.2) is 4.98 Å². The fourth-order valence-electron chi connectivity index (χ4n) is 2.58. The van der Waals surface area contributed by atoms with E-state index in [1.807, 2.05) is 6.92 Å². The molecule has 0 bridgehead atoms. The fourth-order valence-corrected chi connectivity index (χ4v) is 2.58. The van der Waals surface area contributed by atoms with Crippen molar-refractivity contribution in [1.29, 1.82) is 0 Å². The highest BCUT2D eigenvalue weighted by molar-refractivity contribution is 5.57. The first-order chi connectivity index (χ1) is 7.58. The molecule has 1 saturated carbocycles. The van der Waals surface area contributed by atoms with Gasteiger partial charge >= 0.3 is 0 Å². The number of aryl methyl sites for hydroxylation is 1. The summed E-state index contributed by atoms with van der Waals surface area (Å²) in [7, 11) is 0. The zero-order valence-corrected chi connectivity index (χ0v) is 10.4. The van der Waals surface area contributed by atoms with Crippen LogP contribution in [0.15, 0.2) is 0 Å². The Labute approximate surface area is 97.0 Å². The van der Waals surface area contributed by atoms with Gasteiger partial charge in [-0.1, -0.05) is 26.7 Å². The lowest BCUT2D eigenvalue weighted by atomic mass is 9.78. The highest BCUT2D eigenvalue weighted by atomic mass is 15.1. The zero-order valence-electron chi connectivity index (χ0n) is 10.4. The Morgan fingerprint density at radius 2 is 2.12 bits per heavy atom. The Kier molecular flexibility index (Phi) is 3.08. The van der Waals surface area contributed by atoms with Crippen LogP contribution in [0.5, 0.6) is 0 Å². The Morgan fingerprint density at radius 3 is 2.75 bits per heavy atom. The van der Waals surface area contributed by atoms with Crippen LogP contribution < -0.4 is 11.1 Å². The molecule has 0 aliphatic heterocycles. The Hall–Kier alpha value is -1.19. The molecular weight excluding hydrogens is 200 g/mol. The maximum atomic E-state index is 5.86. The first-order valence-electron chi connectivity index (χ1n) is 6.16. The average molecular weight is 222 g/mol. The molecule has 90 valence electrons. The summed E-state index contributed by atoms with van der Waals surface area (Å²) in [6.07, 6.45) is 3.86. The van der Waals surface area contributed by atoms with Gasteiger partial charge in [0.2, 0.25) is 0 Å². The number of H-pyrrole nitrogens is 1. The Bertz CT molecular complexity index is 358. The second kappa shape index (κ2) is 4.36. The van der Waals surface area contributed by atoms with E-state index in [4.69, 9.17) is 5.73 Å². The summed E-state index contributed by atoms with van der Waals surface area (Å²) in [5.74, 6) is 3.82. The van der Waals surface area contributed by atoms with E-state index in [1.165, 1.54) is 19.3 Å². The summed E-state index contributed by atoms with van der Waals surface area (Å²) in [5.41, 5.74) is 5.86. The van der Waals surface area contributed by atoms with E-state index in [2.05, 4.69) is 29.1 Å². The van der Waals surface area contributed by atoms with Crippen molar-refractivity contribution < 1.29 is 0 Å². The lowest BCUT2D eigenvalue weighted by molar-refractivity contribution is 0.253. The number of nitrogens with one attached hydrogen (secondary N) is 2. The van der Waals surface area contributed by atoms with Crippen molar-refractivity contribution in [3.8, 4) is 0 Å². The molecule has 0 spiro atoms. The van der Waals surface area contributed by atoms with Gasteiger partial charge in [-0.2, -0.15) is 0 Å². The Morgan fingerprint density at radius 1 is 1.38 bits per heavy atom. The molecule has 16 heavy (non-hydrogen) atoms. The van der Waals surface area contributed by atoms with Crippen LogP contribution in [0.2, 0.25) is 0 Å². The number of anilines is 2. The van der Waals surface area contributed by atoms with Crippen LogP contribution >= 0.6 is 0 Å². The van der Waals surface area contributed by atoms with Crippen molar-refractivity contribution >= 4 is 11.6 Å². The van der Waals surface area contributed by atoms with Crippen molar-refractivity contribution in [3.63, 3.8) is 0 Å². The van der Waals surface area contributed by atoms with E-state index in [0.717, 1.165) is 17.6 Å². The molecule has 0 saturated heterocycles. The molecule has 0 radical (unpaired) electrons. The van der Waals surface area contributed by atoms with Crippen LogP contribution in [0.25, 0.3) is 0 Å². The van der Waals surface area contributed by atoms with Gasteiger partial charge in [0.1, 0.15) is 11.6 Å². The van der Waals surface area contributed by atoms with Crippen LogP contribution in [0.3, 0.4) is 0 Å². The summed E-state index contributed by atoms with van der Waals surface area (Å²) in [6.45, 7) is 6.57. The number of imidazole rings is 1. The number of aromatic nitrogens is 2. The van der Waals surface area contributed by atoms with Gasteiger partial charge in [-0.05, 0) is 25.2 Å². The SMILES string of the molecule is Cc1nc(NC2CCCC(C)C2C)c(N)[nH]1. The molecule has 1 fully saturated rings. The third-order valence-corrected chi connectivity index (χ3v) is 3.88. The van der Waals surface area contributed by atoms with Crippen molar-refractivity contribution in [2.24, 2.45) is 11.8 Å². The smallest absolute Gasteiger partial charge is 0.168 e. The first kappa shape index (κ1) is 11.3. The molecule has 3 atom stereocenters. The second-order valence-electron chi connectivity index (χ2n) is 5.10. The molecule has 1 heterocycles. The highest BCUT2D eigenvalue weighted by Gasteiger charge is 2.27. The molecule has 1 aliphatic carbocycles. The maximum absolute atomic E-state index is 5.86. The van der Waals surface area contributed by atoms with Crippen molar-refractivity contribution in [2.45, 2.75) is 46.1 Å². The van der Waals surface area contributed by atoms with Gasteiger partial charge in [0.05, 0.1) is 0 Å². The minimum absolute atomic E-state index is 0.508. The standard InChI is InChI=1S/C12H22N4/c1-7-5-4-6-10(8(7)2)16-12-11(13)14-9(3)15-12/h7-8,10,16H,4-6,13H2,1-3H3,(H,14,15). The van der Waals surface area contributed by atoms with Gasteiger partial charge in [-0.15, -0.1) is 0 Å². The summed E-state index contributed by atoms with van der Waals surface area (Å²) in [4.78, 5) is 7.40.